The van der Waals surface area contributed by atoms with Crippen LogP contribution in [0.4, 0.5) is 0 Å². The summed E-state index contributed by atoms with van der Waals surface area (Å²) in [6.07, 6.45) is 5.75. The Labute approximate surface area is 270 Å². The molecule has 0 aromatic carbocycles. The van der Waals surface area contributed by atoms with Gasteiger partial charge in [0.1, 0.15) is 17.3 Å². The van der Waals surface area contributed by atoms with Gasteiger partial charge in [-0.25, -0.2) is 0 Å². The minimum Gasteiger partial charge on any atom is -0.460 e. The lowest BCUT2D eigenvalue weighted by Gasteiger charge is -2.58. The first-order valence-corrected chi connectivity index (χ1v) is 17.2. The molecule has 4 aliphatic rings. The molecule has 10 atom stereocenters. The first-order chi connectivity index (χ1) is 20.6. The number of carbonyl (C=O) groups excluding carboxylic acids is 3. The van der Waals surface area contributed by atoms with E-state index in [0.717, 1.165) is 32.1 Å². The fourth-order valence-electron chi connectivity index (χ4n) is 10.1. The summed E-state index contributed by atoms with van der Waals surface area (Å²) in [6, 6.07) is 0. The zero-order valence-corrected chi connectivity index (χ0v) is 29.7. The van der Waals surface area contributed by atoms with E-state index in [0.29, 0.717) is 32.1 Å². The molecule has 0 bridgehead atoms. The molecule has 0 spiro atoms. The van der Waals surface area contributed by atoms with E-state index in [9.17, 15) is 19.5 Å². The average Bonchev–Trinajstić information content (AvgIpc) is 3.04. The molecule has 4 unspecified atom stereocenters. The Morgan fingerprint density at radius 1 is 0.622 bits per heavy atom. The first-order valence-electron chi connectivity index (χ1n) is 17.2. The zero-order valence-electron chi connectivity index (χ0n) is 29.7. The summed E-state index contributed by atoms with van der Waals surface area (Å²) in [7, 11) is 0. The van der Waals surface area contributed by atoms with Crippen molar-refractivity contribution in [1.82, 2.24) is 0 Å². The third-order valence-electron chi connectivity index (χ3n) is 12.5. The summed E-state index contributed by atoms with van der Waals surface area (Å²) in [5.74, 6) is -1.06. The Morgan fingerprint density at radius 3 is 1.47 bits per heavy atom. The molecule has 45 heavy (non-hydrogen) atoms. The van der Waals surface area contributed by atoms with E-state index in [1.165, 1.54) is 20.8 Å². The molecule has 258 valence electrons. The van der Waals surface area contributed by atoms with Crippen molar-refractivity contribution < 1.29 is 43.2 Å². The van der Waals surface area contributed by atoms with Crippen LogP contribution in [-0.2, 0) is 38.1 Å². The monoisotopic (exact) mass is 636 g/mol. The van der Waals surface area contributed by atoms with Gasteiger partial charge in [-0.2, -0.15) is 0 Å². The minimum atomic E-state index is -0.725. The van der Waals surface area contributed by atoms with Crippen LogP contribution in [0.5, 0.6) is 0 Å². The van der Waals surface area contributed by atoms with E-state index < -0.39 is 28.5 Å². The quantitative estimate of drug-likeness (QED) is 0.259. The topological polar surface area (TPSA) is 118 Å². The van der Waals surface area contributed by atoms with E-state index in [4.69, 9.17) is 23.7 Å². The van der Waals surface area contributed by atoms with Gasteiger partial charge in [0, 0.05) is 43.4 Å². The fraction of sp³-hybridized carbons (Fsp3) is 0.917. The molecule has 2 heterocycles. The Bertz CT molecular complexity index is 1130. The average molecular weight is 637 g/mol. The zero-order chi connectivity index (χ0) is 33.8. The highest BCUT2D eigenvalue weighted by Gasteiger charge is 2.62. The number of aliphatic hydroxyl groups excluding tert-OH is 1. The van der Waals surface area contributed by atoms with E-state index >= 15 is 0 Å². The van der Waals surface area contributed by atoms with Crippen LogP contribution in [0.1, 0.15) is 140 Å². The van der Waals surface area contributed by atoms with E-state index in [2.05, 4.69) is 27.7 Å². The molecule has 0 aromatic rings. The van der Waals surface area contributed by atoms with Crippen LogP contribution in [0.2, 0.25) is 0 Å². The number of hydrogen-bond acceptors (Lipinski definition) is 9. The summed E-state index contributed by atoms with van der Waals surface area (Å²) < 4.78 is 31.8. The molecular weight excluding hydrogens is 576 g/mol. The minimum absolute atomic E-state index is 0.0590. The van der Waals surface area contributed by atoms with Crippen LogP contribution in [-0.4, -0.2) is 69.8 Å². The lowest BCUT2D eigenvalue weighted by Crippen LogP contribution is -2.60. The highest BCUT2D eigenvalue weighted by atomic mass is 16.6. The number of esters is 3. The number of carbonyl (C=O) groups is 3. The summed E-state index contributed by atoms with van der Waals surface area (Å²) in [6.45, 7) is 20.9. The van der Waals surface area contributed by atoms with E-state index in [1.54, 1.807) is 0 Å². The SMILES string of the molecule is CC(=O)O[C@H]1CCC2(C)C(CC[C@@H]3[C@](C)(OC(C)=O)CCC4OC(C)(C)C(O)CC[C@]43C)[C@@](C)(OC(C)=O)CC[C@@H]2OC1(C)C. The second kappa shape index (κ2) is 12.4. The molecular formula is C36H60O9. The summed E-state index contributed by atoms with van der Waals surface area (Å²) in [5, 5.41) is 11.0. The standard InChI is InChI=1S/C36H60O9/c1-22(37)41-28-15-19-34(9)26(36(11,43-24(3)39)21-17-30(34)45-32(28,6)7)13-12-25-33(8)18-14-27(40)31(4,5)44-29(33)16-20-35(25,10)42-23(2)38/h25-30,40H,12-21H2,1-11H3/t25-,26?,27?,28-,29?,30-,33-,34?,35+,36-/m0/s1. The van der Waals surface area contributed by atoms with Gasteiger partial charge >= 0.3 is 17.9 Å². The molecule has 0 amide bonds. The third kappa shape index (κ3) is 6.96. The molecule has 2 saturated heterocycles. The maximum atomic E-state index is 12.6. The molecule has 4 rings (SSSR count). The maximum Gasteiger partial charge on any atom is 0.303 e. The molecule has 0 radical (unpaired) electrons. The lowest BCUT2D eigenvalue weighted by atomic mass is 9.53. The van der Waals surface area contributed by atoms with Gasteiger partial charge in [-0.3, -0.25) is 14.4 Å². The molecule has 2 aliphatic carbocycles. The van der Waals surface area contributed by atoms with Crippen molar-refractivity contribution in [2.24, 2.45) is 22.7 Å². The van der Waals surface area contributed by atoms with Crippen LogP contribution in [0, 0.1) is 22.7 Å². The van der Waals surface area contributed by atoms with Gasteiger partial charge in [-0.05, 0) is 106 Å². The molecule has 9 heteroatoms. The van der Waals surface area contributed by atoms with Gasteiger partial charge < -0.3 is 28.8 Å². The number of fused-ring (bicyclic) bond motifs is 2. The molecule has 2 saturated carbocycles. The second-order valence-electron chi connectivity index (χ2n) is 16.7. The van der Waals surface area contributed by atoms with Crippen molar-refractivity contribution in [3.05, 3.63) is 0 Å². The number of aliphatic hydroxyl groups is 1. The van der Waals surface area contributed by atoms with Crippen LogP contribution < -0.4 is 0 Å². The summed E-state index contributed by atoms with van der Waals surface area (Å²) in [5.41, 5.74) is -3.52. The largest absolute Gasteiger partial charge is 0.460 e. The van der Waals surface area contributed by atoms with Crippen LogP contribution in [0.3, 0.4) is 0 Å². The Balaban J connectivity index is 1.74. The Morgan fingerprint density at radius 2 is 1.04 bits per heavy atom. The second-order valence-corrected chi connectivity index (χ2v) is 16.7. The number of ether oxygens (including phenoxy) is 5. The van der Waals surface area contributed by atoms with Gasteiger partial charge in [-0.15, -0.1) is 0 Å². The van der Waals surface area contributed by atoms with Crippen molar-refractivity contribution in [2.75, 3.05) is 0 Å². The Hall–Kier alpha value is -1.71. The van der Waals surface area contributed by atoms with Crippen molar-refractivity contribution >= 4 is 17.9 Å². The van der Waals surface area contributed by atoms with Gasteiger partial charge in [-0.1, -0.05) is 13.8 Å². The van der Waals surface area contributed by atoms with Crippen molar-refractivity contribution in [3.63, 3.8) is 0 Å². The van der Waals surface area contributed by atoms with Gasteiger partial charge in [0.05, 0.1) is 29.5 Å². The predicted octanol–water partition coefficient (Wildman–Crippen LogP) is 6.45. The van der Waals surface area contributed by atoms with E-state index in [-0.39, 0.29) is 58.9 Å². The first kappa shape index (κ1) is 36.1. The molecule has 2 aliphatic heterocycles. The molecule has 1 N–H and O–H groups in total. The normalized spacial score (nSPS) is 44.3. The lowest BCUT2D eigenvalue weighted by molar-refractivity contribution is -0.230. The van der Waals surface area contributed by atoms with Crippen molar-refractivity contribution in [2.45, 2.75) is 187 Å². The summed E-state index contributed by atoms with van der Waals surface area (Å²) >= 11 is 0. The van der Waals surface area contributed by atoms with Crippen molar-refractivity contribution in [1.29, 1.82) is 0 Å². The highest BCUT2D eigenvalue weighted by molar-refractivity contribution is 5.67. The van der Waals surface area contributed by atoms with Crippen LogP contribution in [0.25, 0.3) is 0 Å². The van der Waals surface area contributed by atoms with Gasteiger partial charge in [0.25, 0.3) is 0 Å². The highest BCUT2D eigenvalue weighted by Crippen LogP contribution is 2.60. The predicted molar refractivity (Wildman–Crippen MR) is 169 cm³/mol. The number of rotatable bonds is 6. The molecule has 9 nitrogen and oxygen atoms in total. The molecule has 4 fully saturated rings. The smallest absolute Gasteiger partial charge is 0.303 e. The summed E-state index contributed by atoms with van der Waals surface area (Å²) in [4.78, 5) is 37.1. The van der Waals surface area contributed by atoms with Crippen LogP contribution in [0.15, 0.2) is 0 Å². The third-order valence-corrected chi connectivity index (χ3v) is 12.5. The van der Waals surface area contributed by atoms with Crippen LogP contribution >= 0.6 is 0 Å². The molecule has 0 aromatic heterocycles. The van der Waals surface area contributed by atoms with Gasteiger partial charge in [0.2, 0.25) is 0 Å². The Kier molecular flexibility index (Phi) is 9.95. The number of hydrogen-bond donors (Lipinski definition) is 1. The van der Waals surface area contributed by atoms with Gasteiger partial charge in [0.15, 0.2) is 0 Å². The van der Waals surface area contributed by atoms with Crippen molar-refractivity contribution in [3.8, 4) is 0 Å². The van der Waals surface area contributed by atoms with E-state index in [1.807, 2.05) is 27.7 Å². The maximum absolute atomic E-state index is 12.6. The fourth-order valence-corrected chi connectivity index (χ4v) is 10.1.